The van der Waals surface area contributed by atoms with Gasteiger partial charge in [-0.15, -0.1) is 0 Å². The molecule has 4 aromatic rings. The molecule has 1 aliphatic heterocycles. The molecule has 3 aromatic carbocycles. The van der Waals surface area contributed by atoms with Crippen molar-refractivity contribution < 1.29 is 0 Å². The molecule has 0 amide bonds. The van der Waals surface area contributed by atoms with E-state index in [1.807, 2.05) is 0 Å². The molecule has 1 aliphatic rings. The quantitative estimate of drug-likeness (QED) is 0.398. The van der Waals surface area contributed by atoms with E-state index in [2.05, 4.69) is 111 Å². The van der Waals surface area contributed by atoms with E-state index >= 15 is 0 Å². The molecule has 0 aliphatic carbocycles. The largest absolute Gasteiger partial charge is 0.366 e. The topological polar surface area (TPSA) is 16.1 Å². The van der Waals surface area contributed by atoms with E-state index in [0.717, 1.165) is 11.2 Å². The van der Waals surface area contributed by atoms with Crippen LogP contribution in [0.25, 0.3) is 27.6 Å². The van der Waals surface area contributed by atoms with Crippen molar-refractivity contribution in [2.45, 2.75) is 19.9 Å². The normalized spacial score (nSPS) is 15.9. The van der Waals surface area contributed by atoms with E-state index in [-0.39, 0.29) is 0 Å². The average Bonchev–Trinajstić information content (AvgIpc) is 2.76. The first-order valence-corrected chi connectivity index (χ1v) is 10.1. The Labute approximate surface area is 172 Å². The number of pyridine rings is 1. The second-order valence-corrected chi connectivity index (χ2v) is 7.83. The molecule has 1 aromatic heterocycles. The monoisotopic (exact) mass is 376 g/mol. The predicted molar refractivity (Wildman–Crippen MR) is 123 cm³/mol. The molecular formula is C27H24N2. The van der Waals surface area contributed by atoms with Crippen molar-refractivity contribution in [1.82, 2.24) is 4.98 Å². The molecule has 0 saturated heterocycles. The number of rotatable bonds is 2. The third-order valence-corrected chi connectivity index (χ3v) is 5.91. The van der Waals surface area contributed by atoms with Gasteiger partial charge in [0.1, 0.15) is 0 Å². The molecule has 0 N–H and O–H groups in total. The van der Waals surface area contributed by atoms with Crippen LogP contribution >= 0.6 is 0 Å². The number of fused-ring (bicyclic) bond motifs is 3. The highest BCUT2D eigenvalue weighted by Crippen LogP contribution is 2.43. The van der Waals surface area contributed by atoms with E-state index in [1.165, 1.54) is 38.9 Å². The molecule has 2 heteroatoms. The maximum Gasteiger partial charge on any atom is 0.0951 e. The van der Waals surface area contributed by atoms with Crippen LogP contribution in [0.5, 0.6) is 0 Å². The van der Waals surface area contributed by atoms with Gasteiger partial charge in [-0.25, -0.2) is 0 Å². The highest BCUT2D eigenvalue weighted by Gasteiger charge is 2.25. The molecule has 2 heterocycles. The second-order valence-electron chi connectivity index (χ2n) is 7.83. The summed E-state index contributed by atoms with van der Waals surface area (Å²) in [6, 6.07) is 28.3. The standard InChI is InChI=1S/C27H24N2/c1-18-16-24(20-10-6-4-7-11-20)22-14-15-23-25(21-12-8-5-9-13-21)17-19(2)29(3)27(23)26(22)28-18/h4-17,19H,1-3H3. The molecule has 5 rings (SSSR count). The Kier molecular flexibility index (Phi) is 4.21. The lowest BCUT2D eigenvalue weighted by Gasteiger charge is -2.34. The van der Waals surface area contributed by atoms with Gasteiger partial charge in [0, 0.05) is 29.7 Å². The van der Waals surface area contributed by atoms with Gasteiger partial charge in [0.25, 0.3) is 0 Å². The molecule has 0 bridgehead atoms. The van der Waals surface area contributed by atoms with Gasteiger partial charge in [-0.05, 0) is 42.2 Å². The van der Waals surface area contributed by atoms with Crippen LogP contribution in [0.15, 0.2) is 84.9 Å². The number of anilines is 1. The highest BCUT2D eigenvalue weighted by atomic mass is 15.1. The number of hydrogen-bond donors (Lipinski definition) is 0. The van der Waals surface area contributed by atoms with Gasteiger partial charge in [-0.3, -0.25) is 4.98 Å². The summed E-state index contributed by atoms with van der Waals surface area (Å²) in [6.07, 6.45) is 2.36. The summed E-state index contributed by atoms with van der Waals surface area (Å²) in [5.41, 5.74) is 9.61. The minimum atomic E-state index is 0.297. The third-order valence-electron chi connectivity index (χ3n) is 5.91. The third kappa shape index (κ3) is 2.92. The minimum absolute atomic E-state index is 0.297. The summed E-state index contributed by atoms with van der Waals surface area (Å²) in [7, 11) is 2.17. The van der Waals surface area contributed by atoms with Crippen LogP contribution < -0.4 is 4.90 Å². The van der Waals surface area contributed by atoms with Crippen molar-refractivity contribution in [2.75, 3.05) is 11.9 Å². The number of aromatic nitrogens is 1. The summed E-state index contributed by atoms with van der Waals surface area (Å²) in [4.78, 5) is 7.37. The lowest BCUT2D eigenvalue weighted by molar-refractivity contribution is 0.816. The van der Waals surface area contributed by atoms with Crippen LogP contribution in [0.2, 0.25) is 0 Å². The number of nitrogens with zero attached hydrogens (tertiary/aromatic N) is 2. The number of benzene rings is 3. The first kappa shape index (κ1) is 17.7. The second kappa shape index (κ2) is 6.89. The number of aryl methyl sites for hydroxylation is 1. The van der Waals surface area contributed by atoms with Crippen molar-refractivity contribution in [1.29, 1.82) is 0 Å². The maximum absolute atomic E-state index is 5.02. The van der Waals surface area contributed by atoms with Crippen LogP contribution in [0.3, 0.4) is 0 Å². The average molecular weight is 377 g/mol. The summed E-state index contributed by atoms with van der Waals surface area (Å²) in [5.74, 6) is 0. The molecule has 0 spiro atoms. The molecule has 142 valence electrons. The van der Waals surface area contributed by atoms with Gasteiger partial charge in [-0.2, -0.15) is 0 Å². The van der Waals surface area contributed by atoms with Gasteiger partial charge >= 0.3 is 0 Å². The Balaban J connectivity index is 1.82. The summed E-state index contributed by atoms with van der Waals surface area (Å²) in [5, 5.41) is 1.20. The fourth-order valence-corrected chi connectivity index (χ4v) is 4.35. The van der Waals surface area contributed by atoms with Crippen molar-refractivity contribution in [2.24, 2.45) is 0 Å². The molecule has 1 unspecified atom stereocenters. The molecule has 0 saturated carbocycles. The van der Waals surface area contributed by atoms with Crippen molar-refractivity contribution in [3.8, 4) is 11.1 Å². The van der Waals surface area contributed by atoms with Crippen LogP contribution in [-0.4, -0.2) is 18.1 Å². The van der Waals surface area contributed by atoms with Gasteiger partial charge < -0.3 is 4.90 Å². The SMILES string of the molecule is Cc1cc(-c2ccccc2)c2ccc3c(c2n1)N(C)C(C)C=C3c1ccccc1. The van der Waals surface area contributed by atoms with E-state index in [1.54, 1.807) is 0 Å². The van der Waals surface area contributed by atoms with Crippen molar-refractivity contribution in [3.63, 3.8) is 0 Å². The number of hydrogen-bond acceptors (Lipinski definition) is 2. The van der Waals surface area contributed by atoms with Gasteiger partial charge in [0.15, 0.2) is 0 Å². The molecule has 1 atom stereocenters. The van der Waals surface area contributed by atoms with Crippen LogP contribution in [0.1, 0.15) is 23.7 Å². The predicted octanol–water partition coefficient (Wildman–Crippen LogP) is 6.48. The van der Waals surface area contributed by atoms with Crippen molar-refractivity contribution >= 4 is 22.2 Å². The van der Waals surface area contributed by atoms with Gasteiger partial charge in [-0.1, -0.05) is 78.9 Å². The summed E-state index contributed by atoms with van der Waals surface area (Å²) < 4.78 is 0. The van der Waals surface area contributed by atoms with Gasteiger partial charge in [0.05, 0.1) is 11.2 Å². The lowest BCUT2D eigenvalue weighted by atomic mass is 9.88. The summed E-state index contributed by atoms with van der Waals surface area (Å²) in [6.45, 7) is 4.34. The zero-order valence-electron chi connectivity index (χ0n) is 17.1. The fraction of sp³-hybridized carbons (Fsp3) is 0.148. The number of likely N-dealkylation sites (N-methyl/N-ethyl adjacent to an activating group) is 1. The van der Waals surface area contributed by atoms with E-state index in [9.17, 15) is 0 Å². The van der Waals surface area contributed by atoms with Crippen LogP contribution in [-0.2, 0) is 0 Å². The molecule has 2 nitrogen and oxygen atoms in total. The van der Waals surface area contributed by atoms with Crippen molar-refractivity contribution in [3.05, 3.63) is 102 Å². The minimum Gasteiger partial charge on any atom is -0.366 e. The maximum atomic E-state index is 5.02. The molecule has 29 heavy (non-hydrogen) atoms. The Bertz CT molecular complexity index is 1220. The lowest BCUT2D eigenvalue weighted by Crippen LogP contribution is -2.31. The Hall–Kier alpha value is -3.39. The first-order valence-electron chi connectivity index (χ1n) is 10.1. The molecule has 0 fully saturated rings. The fourth-order valence-electron chi connectivity index (χ4n) is 4.35. The van der Waals surface area contributed by atoms with Gasteiger partial charge in [0.2, 0.25) is 0 Å². The Morgan fingerprint density at radius 3 is 2.14 bits per heavy atom. The Morgan fingerprint density at radius 2 is 1.45 bits per heavy atom. The molecule has 0 radical (unpaired) electrons. The van der Waals surface area contributed by atoms with E-state index < -0.39 is 0 Å². The zero-order valence-corrected chi connectivity index (χ0v) is 17.1. The Morgan fingerprint density at radius 1 is 0.793 bits per heavy atom. The van der Waals surface area contributed by atoms with E-state index in [4.69, 9.17) is 4.98 Å². The smallest absolute Gasteiger partial charge is 0.0951 e. The van der Waals surface area contributed by atoms with Crippen LogP contribution in [0, 0.1) is 6.92 Å². The zero-order chi connectivity index (χ0) is 20.0. The summed E-state index contributed by atoms with van der Waals surface area (Å²) >= 11 is 0. The van der Waals surface area contributed by atoms with E-state index in [0.29, 0.717) is 6.04 Å². The first-order chi connectivity index (χ1) is 14.1. The molecular weight excluding hydrogens is 352 g/mol. The van der Waals surface area contributed by atoms with Crippen LogP contribution in [0.4, 0.5) is 5.69 Å². The highest BCUT2D eigenvalue weighted by molar-refractivity contribution is 6.06.